The Labute approximate surface area is 83.3 Å². The number of rotatable bonds is 6. The number of carbonyl (C=O) groups excluding carboxylic acids is 2. The molecule has 0 aliphatic carbocycles. The highest BCUT2D eigenvalue weighted by molar-refractivity contribution is 5.76. The zero-order valence-corrected chi connectivity index (χ0v) is 8.74. The van der Waals surface area contributed by atoms with Gasteiger partial charge in [-0.05, 0) is 13.3 Å². The first-order valence-corrected chi connectivity index (χ1v) is 4.41. The van der Waals surface area contributed by atoms with Crippen molar-refractivity contribution < 1.29 is 23.8 Å². The van der Waals surface area contributed by atoms with Gasteiger partial charge in [0, 0.05) is 13.0 Å². The average molecular weight is 204 g/mol. The Balaban J connectivity index is 3.96. The summed E-state index contributed by atoms with van der Waals surface area (Å²) in [6, 6.07) is 0. The van der Waals surface area contributed by atoms with Gasteiger partial charge in [-0.25, -0.2) is 4.79 Å². The molecule has 0 aromatic rings. The summed E-state index contributed by atoms with van der Waals surface area (Å²) in [5, 5.41) is 0. The Morgan fingerprint density at radius 2 is 1.86 bits per heavy atom. The minimum Gasteiger partial charge on any atom is -0.469 e. The van der Waals surface area contributed by atoms with Crippen LogP contribution >= 0.6 is 0 Å². The van der Waals surface area contributed by atoms with Crippen molar-refractivity contribution in [1.29, 1.82) is 0 Å². The number of carbonyl (C=O) groups is 2. The fourth-order valence-electron chi connectivity index (χ4n) is 0.953. The van der Waals surface area contributed by atoms with E-state index in [0.29, 0.717) is 6.61 Å². The van der Waals surface area contributed by atoms with Crippen LogP contribution in [-0.4, -0.2) is 38.9 Å². The predicted molar refractivity (Wildman–Crippen MR) is 48.7 cm³/mol. The molecule has 0 heterocycles. The average Bonchev–Trinajstić information content (AvgIpc) is 2.22. The van der Waals surface area contributed by atoms with Crippen molar-refractivity contribution in [2.75, 3.05) is 20.8 Å². The van der Waals surface area contributed by atoms with Gasteiger partial charge in [-0.15, -0.1) is 0 Å². The largest absolute Gasteiger partial charge is 0.469 e. The third-order valence-electron chi connectivity index (χ3n) is 1.67. The predicted octanol–water partition coefficient (Wildman–Crippen LogP) is 0.518. The minimum absolute atomic E-state index is 0.149. The van der Waals surface area contributed by atoms with Crippen molar-refractivity contribution in [3.63, 3.8) is 0 Å². The van der Waals surface area contributed by atoms with Crippen molar-refractivity contribution in [2.24, 2.45) is 0 Å². The zero-order chi connectivity index (χ0) is 11.0. The fourth-order valence-corrected chi connectivity index (χ4v) is 0.953. The Morgan fingerprint density at radius 3 is 2.29 bits per heavy atom. The minimum atomic E-state index is -0.677. The lowest BCUT2D eigenvalue weighted by Gasteiger charge is -2.13. The molecule has 5 nitrogen and oxygen atoms in total. The number of esters is 2. The molecule has 0 amide bonds. The maximum Gasteiger partial charge on any atom is 0.334 e. The first kappa shape index (κ1) is 12.9. The van der Waals surface area contributed by atoms with Gasteiger partial charge in [0.15, 0.2) is 6.10 Å². The van der Waals surface area contributed by atoms with Gasteiger partial charge in [-0.2, -0.15) is 0 Å². The summed E-state index contributed by atoms with van der Waals surface area (Å²) >= 11 is 0. The van der Waals surface area contributed by atoms with Crippen LogP contribution in [-0.2, 0) is 23.8 Å². The normalized spacial score (nSPS) is 11.9. The van der Waals surface area contributed by atoms with Crippen LogP contribution in [0, 0.1) is 0 Å². The number of hydrogen-bond acceptors (Lipinski definition) is 5. The lowest BCUT2D eigenvalue weighted by atomic mass is 10.2. The number of hydrogen-bond donors (Lipinski definition) is 0. The molecule has 5 heteroatoms. The second-order valence-corrected chi connectivity index (χ2v) is 2.58. The molecule has 0 spiro atoms. The van der Waals surface area contributed by atoms with Crippen molar-refractivity contribution >= 4 is 11.9 Å². The summed E-state index contributed by atoms with van der Waals surface area (Å²) in [5.74, 6) is -0.825. The van der Waals surface area contributed by atoms with Crippen LogP contribution in [0.1, 0.15) is 19.8 Å². The summed E-state index contributed by atoms with van der Waals surface area (Å²) in [6.45, 7) is 2.18. The van der Waals surface area contributed by atoms with E-state index in [2.05, 4.69) is 9.47 Å². The first-order chi connectivity index (χ1) is 6.65. The Morgan fingerprint density at radius 1 is 1.21 bits per heavy atom. The van der Waals surface area contributed by atoms with Gasteiger partial charge in [0.2, 0.25) is 0 Å². The van der Waals surface area contributed by atoms with E-state index < -0.39 is 12.1 Å². The van der Waals surface area contributed by atoms with Crippen molar-refractivity contribution in [3.05, 3.63) is 0 Å². The lowest BCUT2D eigenvalue weighted by Crippen LogP contribution is -2.26. The van der Waals surface area contributed by atoms with E-state index >= 15 is 0 Å². The summed E-state index contributed by atoms with van der Waals surface area (Å²) in [5.41, 5.74) is 0. The molecule has 0 N–H and O–H groups in total. The molecular weight excluding hydrogens is 188 g/mol. The molecule has 0 bridgehead atoms. The molecule has 0 rings (SSSR count). The summed E-state index contributed by atoms with van der Waals surface area (Å²) in [6.07, 6.45) is -0.243. The van der Waals surface area contributed by atoms with Crippen molar-refractivity contribution in [2.45, 2.75) is 25.9 Å². The highest BCUT2D eigenvalue weighted by Crippen LogP contribution is 2.05. The third-order valence-corrected chi connectivity index (χ3v) is 1.67. The summed E-state index contributed by atoms with van der Waals surface area (Å²) in [4.78, 5) is 21.9. The van der Waals surface area contributed by atoms with E-state index in [-0.39, 0.29) is 18.8 Å². The quantitative estimate of drug-likeness (QED) is 0.590. The van der Waals surface area contributed by atoms with E-state index in [9.17, 15) is 9.59 Å². The molecule has 1 unspecified atom stereocenters. The highest BCUT2D eigenvalue weighted by atomic mass is 16.6. The van der Waals surface area contributed by atoms with Gasteiger partial charge in [0.05, 0.1) is 14.2 Å². The van der Waals surface area contributed by atoms with E-state index in [0.717, 1.165) is 0 Å². The number of methoxy groups -OCH3 is 2. The van der Waals surface area contributed by atoms with Crippen LogP contribution in [0.5, 0.6) is 0 Å². The van der Waals surface area contributed by atoms with Crippen LogP contribution in [0.4, 0.5) is 0 Å². The van der Waals surface area contributed by atoms with Crippen LogP contribution in [0.15, 0.2) is 0 Å². The molecule has 0 aliphatic heterocycles. The summed E-state index contributed by atoms with van der Waals surface area (Å²) in [7, 11) is 2.59. The van der Waals surface area contributed by atoms with Crippen LogP contribution < -0.4 is 0 Å². The SMILES string of the molecule is CCOC(CCC(=O)OC)C(=O)OC. The van der Waals surface area contributed by atoms with E-state index in [1.807, 2.05) is 0 Å². The van der Waals surface area contributed by atoms with Gasteiger partial charge in [-0.1, -0.05) is 0 Å². The monoisotopic (exact) mass is 204 g/mol. The van der Waals surface area contributed by atoms with E-state index in [1.165, 1.54) is 14.2 Å². The molecule has 14 heavy (non-hydrogen) atoms. The molecule has 0 fully saturated rings. The maximum absolute atomic E-state index is 11.1. The lowest BCUT2D eigenvalue weighted by molar-refractivity contribution is -0.155. The van der Waals surface area contributed by atoms with Gasteiger partial charge >= 0.3 is 11.9 Å². The number of ether oxygens (including phenoxy) is 3. The van der Waals surface area contributed by atoms with E-state index in [1.54, 1.807) is 6.92 Å². The van der Waals surface area contributed by atoms with Crippen molar-refractivity contribution in [3.8, 4) is 0 Å². The Kier molecular flexibility index (Phi) is 6.74. The van der Waals surface area contributed by atoms with Gasteiger partial charge in [-0.3, -0.25) is 4.79 Å². The fraction of sp³-hybridized carbons (Fsp3) is 0.778. The van der Waals surface area contributed by atoms with E-state index in [4.69, 9.17) is 4.74 Å². The Hall–Kier alpha value is -1.10. The third kappa shape index (κ3) is 4.81. The van der Waals surface area contributed by atoms with Gasteiger partial charge in [0.25, 0.3) is 0 Å². The molecule has 0 saturated carbocycles. The van der Waals surface area contributed by atoms with Gasteiger partial charge < -0.3 is 14.2 Å². The van der Waals surface area contributed by atoms with Crippen molar-refractivity contribution in [1.82, 2.24) is 0 Å². The summed E-state index contributed by atoms with van der Waals surface area (Å²) < 4.78 is 14.1. The highest BCUT2D eigenvalue weighted by Gasteiger charge is 2.20. The Bertz CT molecular complexity index is 190. The molecule has 82 valence electrons. The van der Waals surface area contributed by atoms with Crippen LogP contribution in [0.2, 0.25) is 0 Å². The first-order valence-electron chi connectivity index (χ1n) is 4.41. The smallest absolute Gasteiger partial charge is 0.334 e. The topological polar surface area (TPSA) is 61.8 Å². The van der Waals surface area contributed by atoms with Crippen LogP contribution in [0.3, 0.4) is 0 Å². The molecular formula is C9H16O5. The molecule has 0 aromatic carbocycles. The molecule has 0 saturated heterocycles. The maximum atomic E-state index is 11.1. The molecule has 1 atom stereocenters. The molecule has 0 aliphatic rings. The molecule has 0 radical (unpaired) electrons. The zero-order valence-electron chi connectivity index (χ0n) is 8.74. The molecule has 0 aromatic heterocycles. The standard InChI is InChI=1S/C9H16O5/c1-4-14-7(9(11)13-3)5-6-8(10)12-2/h7H,4-6H2,1-3H3. The second-order valence-electron chi connectivity index (χ2n) is 2.58. The second kappa shape index (κ2) is 7.32. The van der Waals surface area contributed by atoms with Gasteiger partial charge in [0.1, 0.15) is 0 Å². The van der Waals surface area contributed by atoms with Crippen LogP contribution in [0.25, 0.3) is 0 Å².